The van der Waals surface area contributed by atoms with Crippen LogP contribution in [-0.4, -0.2) is 50.5 Å². The van der Waals surface area contributed by atoms with Gasteiger partial charge in [0.15, 0.2) is 0 Å². The summed E-state index contributed by atoms with van der Waals surface area (Å²) in [5, 5.41) is 2.81. The van der Waals surface area contributed by atoms with Crippen LogP contribution < -0.4 is 9.62 Å². The molecule has 2 aromatic carbocycles. The summed E-state index contributed by atoms with van der Waals surface area (Å²) in [5.74, 6) is -1.73. The molecule has 7 nitrogen and oxygen atoms in total. The first kappa shape index (κ1) is 26.8. The number of anilines is 1. The minimum Gasteiger partial charge on any atom is -0.354 e. The van der Waals surface area contributed by atoms with Gasteiger partial charge in [0.2, 0.25) is 21.8 Å². The smallest absolute Gasteiger partial charge is 0.244 e. The average molecular weight is 542 g/mol. The Morgan fingerprint density at radius 2 is 1.85 bits per heavy atom. The highest BCUT2D eigenvalue weighted by Crippen LogP contribution is 2.22. The van der Waals surface area contributed by atoms with Gasteiger partial charge >= 0.3 is 0 Å². The molecule has 180 valence electrons. The van der Waals surface area contributed by atoms with Gasteiger partial charge in [-0.05, 0) is 43.2 Å². The maximum absolute atomic E-state index is 14.4. The highest BCUT2D eigenvalue weighted by atomic mass is 79.9. The molecule has 0 heterocycles. The van der Waals surface area contributed by atoms with Crippen molar-refractivity contribution in [3.8, 4) is 0 Å². The number of sulfonamides is 1. The second kappa shape index (κ2) is 12.1. The number of amides is 2. The second-order valence-corrected chi connectivity index (χ2v) is 10.5. The van der Waals surface area contributed by atoms with E-state index in [9.17, 15) is 22.4 Å². The van der Waals surface area contributed by atoms with Gasteiger partial charge in [-0.15, -0.1) is 0 Å². The highest BCUT2D eigenvalue weighted by molar-refractivity contribution is 9.10. The number of nitrogens with one attached hydrogen (secondary N) is 1. The van der Waals surface area contributed by atoms with E-state index in [0.29, 0.717) is 6.54 Å². The van der Waals surface area contributed by atoms with E-state index in [1.165, 1.54) is 23.1 Å². The predicted octanol–water partition coefficient (Wildman–Crippen LogP) is 3.69. The fraction of sp³-hybridized carbons (Fsp3) is 0.391. The third kappa shape index (κ3) is 7.82. The Bertz CT molecular complexity index is 1080. The van der Waals surface area contributed by atoms with Crippen molar-refractivity contribution in [2.45, 2.75) is 39.3 Å². The minimum atomic E-state index is -3.97. The van der Waals surface area contributed by atoms with Crippen LogP contribution in [0, 0.1) is 5.82 Å². The molecule has 0 aliphatic rings. The zero-order valence-electron chi connectivity index (χ0n) is 18.9. The lowest BCUT2D eigenvalue weighted by molar-refractivity contribution is -0.139. The summed E-state index contributed by atoms with van der Waals surface area (Å²) in [4.78, 5) is 27.4. The van der Waals surface area contributed by atoms with Crippen molar-refractivity contribution in [2.75, 3.05) is 23.7 Å². The first-order valence-electron chi connectivity index (χ1n) is 10.6. The molecule has 10 heteroatoms. The number of hydrogen-bond donors (Lipinski definition) is 1. The van der Waals surface area contributed by atoms with E-state index < -0.39 is 34.3 Å². The van der Waals surface area contributed by atoms with E-state index in [1.54, 1.807) is 19.1 Å². The summed E-state index contributed by atoms with van der Waals surface area (Å²) < 4.78 is 40.7. The topological polar surface area (TPSA) is 86.8 Å². The maximum Gasteiger partial charge on any atom is 0.244 e. The molecule has 0 aliphatic heterocycles. The lowest BCUT2D eigenvalue weighted by atomic mass is 10.1. The molecule has 2 aromatic rings. The number of benzene rings is 2. The quantitative estimate of drug-likeness (QED) is 0.439. The van der Waals surface area contributed by atoms with Crippen LogP contribution in [0.1, 0.15) is 32.3 Å². The normalized spacial score (nSPS) is 12.2. The number of hydrogen-bond acceptors (Lipinski definition) is 4. The number of carbonyl (C=O) groups is 2. The molecule has 0 saturated heterocycles. The van der Waals surface area contributed by atoms with E-state index in [-0.39, 0.29) is 18.1 Å². The molecule has 0 bridgehead atoms. The summed E-state index contributed by atoms with van der Waals surface area (Å²) in [7, 11) is -3.97. The Labute approximate surface area is 203 Å². The molecule has 1 atom stereocenters. The van der Waals surface area contributed by atoms with Gasteiger partial charge < -0.3 is 10.2 Å². The van der Waals surface area contributed by atoms with Crippen LogP contribution in [0.5, 0.6) is 0 Å². The largest absolute Gasteiger partial charge is 0.354 e. The van der Waals surface area contributed by atoms with E-state index in [1.807, 2.05) is 19.1 Å². The molecule has 2 rings (SSSR count). The van der Waals surface area contributed by atoms with Crippen molar-refractivity contribution >= 4 is 43.5 Å². The lowest BCUT2D eigenvalue weighted by Crippen LogP contribution is -2.51. The number of para-hydroxylation sites is 1. The van der Waals surface area contributed by atoms with E-state index in [2.05, 4.69) is 21.2 Å². The van der Waals surface area contributed by atoms with Crippen molar-refractivity contribution in [3.63, 3.8) is 0 Å². The molecule has 0 aromatic heterocycles. The van der Waals surface area contributed by atoms with Crippen molar-refractivity contribution in [2.24, 2.45) is 0 Å². The maximum atomic E-state index is 14.4. The first-order valence-corrected chi connectivity index (χ1v) is 13.2. The molecular weight excluding hydrogens is 513 g/mol. The van der Waals surface area contributed by atoms with Crippen LogP contribution in [-0.2, 0) is 26.2 Å². The summed E-state index contributed by atoms with van der Waals surface area (Å²) in [6.07, 6.45) is 2.61. The number of nitrogens with zero attached hydrogens (tertiary/aromatic N) is 2. The zero-order valence-corrected chi connectivity index (χ0v) is 21.3. The van der Waals surface area contributed by atoms with Gasteiger partial charge in [0.05, 0.1) is 11.9 Å². The van der Waals surface area contributed by atoms with Crippen LogP contribution in [0.3, 0.4) is 0 Å². The first-order chi connectivity index (χ1) is 15.5. The average Bonchev–Trinajstić information content (AvgIpc) is 2.75. The monoisotopic (exact) mass is 541 g/mol. The number of rotatable bonds is 11. The van der Waals surface area contributed by atoms with Crippen LogP contribution in [0.25, 0.3) is 0 Å². The zero-order chi connectivity index (χ0) is 24.6. The van der Waals surface area contributed by atoms with Gasteiger partial charge in [0.25, 0.3) is 0 Å². The molecule has 33 heavy (non-hydrogen) atoms. The lowest BCUT2D eigenvalue weighted by Gasteiger charge is -2.31. The number of unbranched alkanes of at least 4 members (excludes halogenated alkanes) is 1. The molecule has 1 N–H and O–H groups in total. The van der Waals surface area contributed by atoms with Crippen LogP contribution in [0.15, 0.2) is 53.0 Å². The second-order valence-electron chi connectivity index (χ2n) is 7.69. The number of carbonyl (C=O) groups excluding carboxylic acids is 2. The van der Waals surface area contributed by atoms with Crippen molar-refractivity contribution in [1.29, 1.82) is 0 Å². The van der Waals surface area contributed by atoms with E-state index in [0.717, 1.165) is 39.5 Å². The Hall–Kier alpha value is -2.46. The van der Waals surface area contributed by atoms with Crippen LogP contribution >= 0.6 is 15.9 Å². The van der Waals surface area contributed by atoms with E-state index in [4.69, 9.17) is 0 Å². The Kier molecular flexibility index (Phi) is 9.85. The van der Waals surface area contributed by atoms with Gasteiger partial charge in [-0.1, -0.05) is 53.5 Å². The molecule has 0 radical (unpaired) electrons. The Morgan fingerprint density at radius 1 is 1.15 bits per heavy atom. The molecule has 2 amide bonds. The highest BCUT2D eigenvalue weighted by Gasteiger charge is 2.30. The van der Waals surface area contributed by atoms with Gasteiger partial charge in [0, 0.05) is 17.6 Å². The van der Waals surface area contributed by atoms with Crippen molar-refractivity contribution in [1.82, 2.24) is 10.2 Å². The van der Waals surface area contributed by atoms with Gasteiger partial charge in [-0.25, -0.2) is 12.8 Å². The number of halogens is 2. The fourth-order valence-corrected chi connectivity index (χ4v) is 4.50. The third-order valence-electron chi connectivity index (χ3n) is 5.04. The minimum absolute atomic E-state index is 0.0789. The Morgan fingerprint density at radius 3 is 2.45 bits per heavy atom. The SMILES string of the molecule is CCCCNC(=O)[C@@H](C)N(Cc1cccc(Br)c1)C(=O)CN(c1ccccc1F)S(C)(=O)=O. The van der Waals surface area contributed by atoms with Gasteiger partial charge in [-0.2, -0.15) is 0 Å². The summed E-state index contributed by atoms with van der Waals surface area (Å²) in [6.45, 7) is 3.51. The van der Waals surface area contributed by atoms with Crippen LogP contribution in [0.2, 0.25) is 0 Å². The van der Waals surface area contributed by atoms with E-state index >= 15 is 0 Å². The molecule has 0 spiro atoms. The van der Waals surface area contributed by atoms with Gasteiger partial charge in [-0.3, -0.25) is 13.9 Å². The molecule has 0 saturated carbocycles. The summed E-state index contributed by atoms with van der Waals surface area (Å²) >= 11 is 3.39. The molecule has 0 aliphatic carbocycles. The van der Waals surface area contributed by atoms with Crippen LogP contribution in [0.4, 0.5) is 10.1 Å². The third-order valence-corrected chi connectivity index (χ3v) is 6.66. The standard InChI is InChI=1S/C23H29BrFN3O4S/c1-4-5-13-26-23(30)17(2)27(15-18-9-8-10-19(24)14-18)22(29)16-28(33(3,31)32)21-12-7-6-11-20(21)25/h6-12,14,17H,4-5,13,15-16H2,1-3H3,(H,26,30)/t17-/m1/s1. The van der Waals surface area contributed by atoms with Crippen molar-refractivity contribution < 1.29 is 22.4 Å². The van der Waals surface area contributed by atoms with Gasteiger partial charge in [0.1, 0.15) is 18.4 Å². The van der Waals surface area contributed by atoms with Crippen molar-refractivity contribution in [3.05, 3.63) is 64.4 Å². The molecule has 0 unspecified atom stereocenters. The molecule has 0 fully saturated rings. The predicted molar refractivity (Wildman–Crippen MR) is 131 cm³/mol. The molecular formula is C23H29BrFN3O4S. The fourth-order valence-electron chi connectivity index (χ4n) is 3.20. The summed E-state index contributed by atoms with van der Waals surface area (Å²) in [6, 6.07) is 11.7. The summed E-state index contributed by atoms with van der Waals surface area (Å²) in [5.41, 5.74) is 0.526. The Balaban J connectivity index is 2.36.